The summed E-state index contributed by atoms with van der Waals surface area (Å²) < 4.78 is 0. The zero-order valence-corrected chi connectivity index (χ0v) is 24.5. The third-order valence-corrected chi connectivity index (χ3v) is 9.04. The minimum atomic E-state index is -0.329. The number of carbonyl (C=O) groups excluding carboxylic acids is 2. The Morgan fingerprint density at radius 2 is 1.59 bits per heavy atom. The molecule has 1 N–H and O–H groups in total. The first kappa shape index (κ1) is 27.3. The van der Waals surface area contributed by atoms with Crippen molar-refractivity contribution in [1.29, 1.82) is 0 Å². The van der Waals surface area contributed by atoms with E-state index in [4.69, 9.17) is 0 Å². The lowest BCUT2D eigenvalue weighted by Crippen LogP contribution is -2.46. The number of fused-ring (bicyclic) bond motifs is 1. The zero-order valence-electron chi connectivity index (χ0n) is 24.5. The molecule has 5 nitrogen and oxygen atoms in total. The summed E-state index contributed by atoms with van der Waals surface area (Å²) in [7, 11) is 0. The van der Waals surface area contributed by atoms with Crippen LogP contribution in [0.5, 0.6) is 0 Å². The second kappa shape index (κ2) is 11.2. The Balaban J connectivity index is 1.31. The number of Topliss-reactive ketones (excluding diaryl/α,β-unsaturated/α-hetero) is 1. The van der Waals surface area contributed by atoms with E-state index in [1.807, 2.05) is 17.0 Å². The summed E-state index contributed by atoms with van der Waals surface area (Å²) in [4.78, 5) is 32.1. The number of piperidine rings is 1. The van der Waals surface area contributed by atoms with Gasteiger partial charge in [0.1, 0.15) is 0 Å². The summed E-state index contributed by atoms with van der Waals surface area (Å²) >= 11 is 0. The molecule has 0 aromatic heterocycles. The van der Waals surface area contributed by atoms with Crippen LogP contribution in [0.4, 0.5) is 11.4 Å². The summed E-state index contributed by atoms with van der Waals surface area (Å²) in [6, 6.07) is 27.0. The van der Waals surface area contributed by atoms with Crippen LogP contribution in [-0.4, -0.2) is 36.2 Å². The van der Waals surface area contributed by atoms with Gasteiger partial charge in [-0.05, 0) is 67.2 Å². The van der Waals surface area contributed by atoms with Gasteiger partial charge in [-0.3, -0.25) is 9.59 Å². The second-order valence-electron chi connectivity index (χ2n) is 12.9. The number of ketones is 1. The molecule has 1 fully saturated rings. The minimum absolute atomic E-state index is 0.120. The van der Waals surface area contributed by atoms with Crippen LogP contribution in [0.1, 0.15) is 62.3 Å². The van der Waals surface area contributed by atoms with Gasteiger partial charge in [0.2, 0.25) is 5.91 Å². The normalized spacial score (nSPS) is 20.7. The summed E-state index contributed by atoms with van der Waals surface area (Å²) in [5.41, 5.74) is 7.18. The van der Waals surface area contributed by atoms with Crippen LogP contribution in [-0.2, 0) is 16.0 Å². The van der Waals surface area contributed by atoms with E-state index in [-0.39, 0.29) is 29.7 Å². The molecule has 2 aliphatic heterocycles. The molecule has 0 spiro atoms. The quantitative estimate of drug-likeness (QED) is 0.370. The van der Waals surface area contributed by atoms with Gasteiger partial charge in [0.05, 0.1) is 24.0 Å². The molecule has 0 saturated carbocycles. The minimum Gasteiger partial charge on any atom is -0.357 e. The number of allylic oxidation sites excluding steroid dienone is 1. The Kier molecular flexibility index (Phi) is 7.46. The van der Waals surface area contributed by atoms with Crippen molar-refractivity contribution < 1.29 is 9.59 Å². The monoisotopic (exact) mass is 547 g/mol. The van der Waals surface area contributed by atoms with Crippen LogP contribution in [0, 0.1) is 18.3 Å². The Morgan fingerprint density at radius 1 is 0.902 bits per heavy atom. The number of anilines is 2. The van der Waals surface area contributed by atoms with E-state index in [0.29, 0.717) is 12.3 Å². The highest BCUT2D eigenvalue weighted by molar-refractivity contribution is 6.01. The molecule has 212 valence electrons. The van der Waals surface area contributed by atoms with Crippen LogP contribution in [0.2, 0.25) is 0 Å². The summed E-state index contributed by atoms with van der Waals surface area (Å²) in [6.45, 7) is 8.19. The SMILES string of the molecule is Cc1ccc(C2C3=C(CC(C)(C)CC3=O)Nc3ccccc3N2CC(=O)N2CCC(Cc3ccccc3)CC2)cc1. The van der Waals surface area contributed by atoms with Crippen molar-refractivity contribution in [2.75, 3.05) is 29.9 Å². The van der Waals surface area contributed by atoms with Crippen molar-refractivity contribution in [2.45, 2.75) is 58.9 Å². The van der Waals surface area contributed by atoms with Gasteiger partial charge in [0.25, 0.3) is 0 Å². The number of likely N-dealkylation sites (tertiary alicyclic amines) is 1. The number of amides is 1. The number of carbonyl (C=O) groups is 2. The lowest BCUT2D eigenvalue weighted by atomic mass is 9.73. The lowest BCUT2D eigenvalue weighted by Gasteiger charge is -2.39. The van der Waals surface area contributed by atoms with E-state index in [1.54, 1.807) is 0 Å². The third-order valence-electron chi connectivity index (χ3n) is 9.04. The molecule has 1 atom stereocenters. The fraction of sp³-hybridized carbons (Fsp3) is 0.389. The first-order chi connectivity index (χ1) is 19.8. The number of nitrogens with zero attached hydrogens (tertiary/aromatic N) is 2. The molecule has 0 bridgehead atoms. The predicted octanol–water partition coefficient (Wildman–Crippen LogP) is 7.09. The zero-order chi connectivity index (χ0) is 28.6. The number of hydrogen-bond acceptors (Lipinski definition) is 4. The summed E-state index contributed by atoms with van der Waals surface area (Å²) in [5.74, 6) is 0.893. The lowest BCUT2D eigenvalue weighted by molar-refractivity contribution is -0.131. The molecule has 1 saturated heterocycles. The molecule has 41 heavy (non-hydrogen) atoms. The van der Waals surface area contributed by atoms with Gasteiger partial charge in [-0.1, -0.05) is 86.1 Å². The number of rotatable bonds is 5. The van der Waals surface area contributed by atoms with Crippen molar-refractivity contribution >= 4 is 23.1 Å². The van der Waals surface area contributed by atoms with Gasteiger partial charge in [-0.15, -0.1) is 0 Å². The van der Waals surface area contributed by atoms with Crippen LogP contribution in [0.15, 0.2) is 90.1 Å². The van der Waals surface area contributed by atoms with Crippen molar-refractivity contribution in [3.8, 4) is 0 Å². The Hall–Kier alpha value is -3.86. The molecule has 2 heterocycles. The molecule has 3 aliphatic rings. The molecule has 0 radical (unpaired) electrons. The number of benzene rings is 3. The third kappa shape index (κ3) is 5.81. The van der Waals surface area contributed by atoms with Crippen molar-refractivity contribution in [3.05, 3.63) is 107 Å². The van der Waals surface area contributed by atoms with E-state index in [0.717, 1.165) is 67.0 Å². The predicted molar refractivity (Wildman–Crippen MR) is 166 cm³/mol. The highest BCUT2D eigenvalue weighted by Gasteiger charge is 2.42. The fourth-order valence-corrected chi connectivity index (χ4v) is 6.90. The van der Waals surface area contributed by atoms with Crippen LogP contribution < -0.4 is 10.2 Å². The van der Waals surface area contributed by atoms with Gasteiger partial charge >= 0.3 is 0 Å². The number of nitrogens with one attached hydrogen (secondary N) is 1. The van der Waals surface area contributed by atoms with Crippen molar-refractivity contribution in [1.82, 2.24) is 4.90 Å². The average molecular weight is 548 g/mol. The first-order valence-electron chi connectivity index (χ1n) is 15.0. The first-order valence-corrected chi connectivity index (χ1v) is 15.0. The number of aryl methyl sites for hydroxylation is 1. The highest BCUT2D eigenvalue weighted by atomic mass is 16.2. The standard InChI is InChI=1S/C36H41N3O2/c1-25-13-15-28(16-14-25)35-34-30(22-36(2,3)23-32(34)40)37-29-11-7-8-12-31(29)39(35)24-33(41)38-19-17-27(18-20-38)21-26-9-5-4-6-10-26/h4-16,27,35,37H,17-24H2,1-3H3. The Morgan fingerprint density at radius 3 is 2.32 bits per heavy atom. The molecule has 5 heteroatoms. The van der Waals surface area contributed by atoms with Gasteiger partial charge in [-0.25, -0.2) is 0 Å². The number of hydrogen-bond donors (Lipinski definition) is 1. The second-order valence-corrected chi connectivity index (χ2v) is 12.9. The van der Waals surface area contributed by atoms with Crippen molar-refractivity contribution in [2.24, 2.45) is 11.3 Å². The van der Waals surface area contributed by atoms with E-state index >= 15 is 0 Å². The number of para-hydroxylation sites is 2. The maximum Gasteiger partial charge on any atom is 0.242 e. The molecular weight excluding hydrogens is 506 g/mol. The molecule has 1 amide bonds. The van der Waals surface area contributed by atoms with E-state index in [9.17, 15) is 9.59 Å². The average Bonchev–Trinajstić information content (AvgIpc) is 3.08. The molecule has 3 aromatic rings. The fourth-order valence-electron chi connectivity index (χ4n) is 6.90. The van der Waals surface area contributed by atoms with E-state index < -0.39 is 0 Å². The topological polar surface area (TPSA) is 52.7 Å². The van der Waals surface area contributed by atoms with Gasteiger partial charge < -0.3 is 15.1 Å². The molecular formula is C36H41N3O2. The summed E-state index contributed by atoms with van der Waals surface area (Å²) in [5, 5.41) is 3.66. The maximum atomic E-state index is 14.0. The maximum absolute atomic E-state index is 14.0. The largest absolute Gasteiger partial charge is 0.357 e. The van der Waals surface area contributed by atoms with Crippen LogP contribution in [0.3, 0.4) is 0 Å². The smallest absolute Gasteiger partial charge is 0.242 e. The van der Waals surface area contributed by atoms with E-state index in [1.165, 1.54) is 11.1 Å². The molecule has 1 unspecified atom stereocenters. The Labute approximate surface area is 244 Å². The highest BCUT2D eigenvalue weighted by Crippen LogP contribution is 2.48. The molecule has 1 aliphatic carbocycles. The summed E-state index contributed by atoms with van der Waals surface area (Å²) in [6.07, 6.45) is 4.40. The Bertz CT molecular complexity index is 1450. The van der Waals surface area contributed by atoms with E-state index in [2.05, 4.69) is 97.7 Å². The van der Waals surface area contributed by atoms with Gasteiger partial charge in [0, 0.05) is 30.8 Å². The van der Waals surface area contributed by atoms with Gasteiger partial charge in [-0.2, -0.15) is 0 Å². The van der Waals surface area contributed by atoms with Crippen molar-refractivity contribution in [3.63, 3.8) is 0 Å². The van der Waals surface area contributed by atoms with Crippen LogP contribution in [0.25, 0.3) is 0 Å². The van der Waals surface area contributed by atoms with Crippen LogP contribution >= 0.6 is 0 Å². The molecule has 3 aromatic carbocycles. The molecule has 6 rings (SSSR count). The van der Waals surface area contributed by atoms with Gasteiger partial charge in [0.15, 0.2) is 5.78 Å².